The van der Waals surface area contributed by atoms with E-state index < -0.39 is 0 Å². The molecule has 4 rings (SSSR count). The molecule has 1 N–H and O–H groups in total. The van der Waals surface area contributed by atoms with E-state index in [4.69, 9.17) is 0 Å². The van der Waals surface area contributed by atoms with Gasteiger partial charge in [-0.2, -0.15) is 5.10 Å². The maximum atomic E-state index is 10.9. The van der Waals surface area contributed by atoms with Crippen molar-refractivity contribution in [3.05, 3.63) is 76.5 Å². The highest BCUT2D eigenvalue weighted by molar-refractivity contribution is 5.64. The van der Waals surface area contributed by atoms with Gasteiger partial charge in [-0.1, -0.05) is 18.2 Å². The summed E-state index contributed by atoms with van der Waals surface area (Å²) in [5, 5.41) is 19.1. The Morgan fingerprint density at radius 3 is 2.45 bits per heavy atom. The summed E-state index contributed by atoms with van der Waals surface area (Å²) in [6, 6.07) is 17.6. The zero-order chi connectivity index (χ0) is 20.2. The number of nitrogens with zero attached hydrogens (tertiary/aromatic N) is 4. The lowest BCUT2D eigenvalue weighted by molar-refractivity contribution is -0.384. The van der Waals surface area contributed by atoms with E-state index >= 15 is 0 Å². The summed E-state index contributed by atoms with van der Waals surface area (Å²) < 4.78 is 1.80. The largest absolute Gasteiger partial charge is 0.371 e. The van der Waals surface area contributed by atoms with Gasteiger partial charge in [0.25, 0.3) is 5.69 Å². The van der Waals surface area contributed by atoms with Gasteiger partial charge < -0.3 is 10.2 Å². The van der Waals surface area contributed by atoms with E-state index in [9.17, 15) is 10.1 Å². The van der Waals surface area contributed by atoms with Gasteiger partial charge >= 0.3 is 0 Å². The summed E-state index contributed by atoms with van der Waals surface area (Å²) in [6.07, 6.45) is 4.22. The minimum absolute atomic E-state index is 0.0922. The van der Waals surface area contributed by atoms with Gasteiger partial charge in [0, 0.05) is 67.9 Å². The SMILES string of the molecule is Cn1cc(CNC2CCN(c3ccccc3)CC2)c(-c2ccc([N+](=O)[O-])cc2)n1. The molecule has 7 heteroatoms. The van der Waals surface area contributed by atoms with Crippen molar-refractivity contribution >= 4 is 11.4 Å². The second-order valence-electron chi connectivity index (χ2n) is 7.46. The Balaban J connectivity index is 1.38. The molecule has 150 valence electrons. The number of hydrogen-bond donors (Lipinski definition) is 1. The zero-order valence-electron chi connectivity index (χ0n) is 16.5. The third-order valence-corrected chi connectivity index (χ3v) is 5.45. The number of piperidine rings is 1. The van der Waals surface area contributed by atoms with Crippen LogP contribution < -0.4 is 10.2 Å². The summed E-state index contributed by atoms with van der Waals surface area (Å²) >= 11 is 0. The number of nitro groups is 1. The molecule has 1 fully saturated rings. The minimum Gasteiger partial charge on any atom is -0.371 e. The summed E-state index contributed by atoms with van der Waals surface area (Å²) in [5.41, 5.74) is 4.25. The standard InChI is InChI=1S/C22H25N5O2/c1-25-16-18(22(24-25)17-7-9-21(10-8-17)27(28)29)15-23-19-11-13-26(14-12-19)20-5-3-2-4-6-20/h2-10,16,19,23H,11-15H2,1H3. The lowest BCUT2D eigenvalue weighted by Crippen LogP contribution is -2.42. The normalized spacial score (nSPS) is 14.9. The molecule has 7 nitrogen and oxygen atoms in total. The first-order valence-corrected chi connectivity index (χ1v) is 9.91. The van der Waals surface area contributed by atoms with Gasteiger partial charge in [-0.15, -0.1) is 0 Å². The molecule has 2 heterocycles. The summed E-state index contributed by atoms with van der Waals surface area (Å²) in [5.74, 6) is 0. The first-order valence-electron chi connectivity index (χ1n) is 9.91. The van der Waals surface area contributed by atoms with Crippen LogP contribution in [0.5, 0.6) is 0 Å². The summed E-state index contributed by atoms with van der Waals surface area (Å²) in [6.45, 7) is 2.82. The minimum atomic E-state index is -0.382. The Hall–Kier alpha value is -3.19. The molecule has 3 aromatic rings. The van der Waals surface area contributed by atoms with Crippen LogP contribution in [0.4, 0.5) is 11.4 Å². The number of anilines is 1. The van der Waals surface area contributed by atoms with Crippen molar-refractivity contribution in [2.75, 3.05) is 18.0 Å². The molecule has 0 unspecified atom stereocenters. The Morgan fingerprint density at radius 2 is 1.79 bits per heavy atom. The van der Waals surface area contributed by atoms with Gasteiger partial charge in [-0.3, -0.25) is 14.8 Å². The molecule has 1 aliphatic heterocycles. The van der Waals surface area contributed by atoms with E-state index in [2.05, 4.69) is 39.6 Å². The second kappa shape index (κ2) is 8.45. The van der Waals surface area contributed by atoms with Gasteiger partial charge in [0.2, 0.25) is 0 Å². The second-order valence-corrected chi connectivity index (χ2v) is 7.46. The number of para-hydroxylation sites is 1. The van der Waals surface area contributed by atoms with Crippen molar-refractivity contribution < 1.29 is 4.92 Å². The summed E-state index contributed by atoms with van der Waals surface area (Å²) in [7, 11) is 1.90. The Morgan fingerprint density at radius 1 is 1.10 bits per heavy atom. The van der Waals surface area contributed by atoms with Crippen molar-refractivity contribution in [3.63, 3.8) is 0 Å². The molecular weight excluding hydrogens is 366 g/mol. The first-order chi connectivity index (χ1) is 14.1. The molecule has 0 spiro atoms. The van der Waals surface area contributed by atoms with E-state index in [1.807, 2.05) is 19.3 Å². The van der Waals surface area contributed by atoms with E-state index in [0.29, 0.717) is 6.04 Å². The highest BCUT2D eigenvalue weighted by atomic mass is 16.6. The van der Waals surface area contributed by atoms with Crippen LogP contribution in [0.15, 0.2) is 60.8 Å². The van der Waals surface area contributed by atoms with Crippen LogP contribution in [0, 0.1) is 10.1 Å². The molecular formula is C22H25N5O2. The Bertz CT molecular complexity index is 961. The van der Waals surface area contributed by atoms with Crippen LogP contribution in [-0.2, 0) is 13.6 Å². The number of non-ortho nitro benzene ring substituents is 1. The molecule has 1 aliphatic rings. The van der Waals surface area contributed by atoms with Crippen molar-refractivity contribution in [2.45, 2.75) is 25.4 Å². The Labute approximate surface area is 170 Å². The molecule has 1 aromatic heterocycles. The lowest BCUT2D eigenvalue weighted by atomic mass is 10.0. The lowest BCUT2D eigenvalue weighted by Gasteiger charge is -2.34. The van der Waals surface area contributed by atoms with E-state index in [1.165, 1.54) is 17.8 Å². The topological polar surface area (TPSA) is 76.2 Å². The van der Waals surface area contributed by atoms with Crippen LogP contribution in [0.3, 0.4) is 0 Å². The molecule has 0 bridgehead atoms. The molecule has 29 heavy (non-hydrogen) atoms. The third-order valence-electron chi connectivity index (χ3n) is 5.45. The molecule has 0 amide bonds. The molecule has 1 saturated heterocycles. The van der Waals surface area contributed by atoms with Crippen LogP contribution in [-0.4, -0.2) is 33.8 Å². The number of nitro benzene ring substituents is 1. The van der Waals surface area contributed by atoms with Gasteiger partial charge in [0.15, 0.2) is 0 Å². The number of hydrogen-bond acceptors (Lipinski definition) is 5. The fourth-order valence-corrected chi connectivity index (χ4v) is 3.89. The van der Waals surface area contributed by atoms with Crippen LogP contribution in [0.1, 0.15) is 18.4 Å². The molecule has 2 aromatic carbocycles. The number of aromatic nitrogens is 2. The van der Waals surface area contributed by atoms with Gasteiger partial charge in [-0.25, -0.2) is 0 Å². The Kier molecular flexibility index (Phi) is 5.57. The number of rotatable bonds is 6. The quantitative estimate of drug-likeness (QED) is 0.511. The summed E-state index contributed by atoms with van der Waals surface area (Å²) in [4.78, 5) is 12.9. The van der Waals surface area contributed by atoms with Crippen LogP contribution in [0.2, 0.25) is 0 Å². The predicted octanol–water partition coefficient (Wildman–Crippen LogP) is 3.75. The number of aryl methyl sites for hydroxylation is 1. The maximum absolute atomic E-state index is 10.9. The average Bonchev–Trinajstić information content (AvgIpc) is 3.14. The fraction of sp³-hybridized carbons (Fsp3) is 0.318. The van der Waals surface area contributed by atoms with Gasteiger partial charge in [0.05, 0.1) is 10.6 Å². The van der Waals surface area contributed by atoms with Crippen molar-refractivity contribution in [2.24, 2.45) is 7.05 Å². The molecule has 0 radical (unpaired) electrons. The van der Waals surface area contributed by atoms with Crippen molar-refractivity contribution in [1.29, 1.82) is 0 Å². The van der Waals surface area contributed by atoms with Crippen LogP contribution in [0.25, 0.3) is 11.3 Å². The highest BCUT2D eigenvalue weighted by Crippen LogP contribution is 2.25. The molecule has 0 aliphatic carbocycles. The van der Waals surface area contributed by atoms with Crippen molar-refractivity contribution in [1.82, 2.24) is 15.1 Å². The van der Waals surface area contributed by atoms with E-state index in [0.717, 1.165) is 49.3 Å². The van der Waals surface area contributed by atoms with E-state index in [1.54, 1.807) is 16.8 Å². The number of nitrogens with one attached hydrogen (secondary N) is 1. The highest BCUT2D eigenvalue weighted by Gasteiger charge is 2.20. The molecule has 0 atom stereocenters. The smallest absolute Gasteiger partial charge is 0.269 e. The first kappa shape index (κ1) is 19.1. The monoisotopic (exact) mass is 391 g/mol. The van der Waals surface area contributed by atoms with Gasteiger partial charge in [0.1, 0.15) is 0 Å². The predicted molar refractivity (Wildman–Crippen MR) is 114 cm³/mol. The van der Waals surface area contributed by atoms with Crippen LogP contribution >= 0.6 is 0 Å². The number of benzene rings is 2. The van der Waals surface area contributed by atoms with E-state index in [-0.39, 0.29) is 10.6 Å². The van der Waals surface area contributed by atoms with Gasteiger partial charge in [-0.05, 0) is 37.1 Å². The average molecular weight is 391 g/mol. The maximum Gasteiger partial charge on any atom is 0.269 e. The fourth-order valence-electron chi connectivity index (χ4n) is 3.89. The van der Waals surface area contributed by atoms with Crippen molar-refractivity contribution in [3.8, 4) is 11.3 Å². The zero-order valence-corrected chi connectivity index (χ0v) is 16.5. The third kappa shape index (κ3) is 4.46. The molecule has 0 saturated carbocycles.